The maximum absolute atomic E-state index is 11.9. The fraction of sp³-hybridized carbons (Fsp3) is 0.0667. The van der Waals surface area contributed by atoms with Crippen LogP contribution in [0, 0.1) is 0 Å². The molecule has 25 heavy (non-hydrogen) atoms. The van der Waals surface area contributed by atoms with Crippen LogP contribution in [0.3, 0.4) is 0 Å². The van der Waals surface area contributed by atoms with Gasteiger partial charge >= 0.3 is 0 Å². The summed E-state index contributed by atoms with van der Waals surface area (Å²) in [7, 11) is 0. The summed E-state index contributed by atoms with van der Waals surface area (Å²) >= 11 is 5.65. The van der Waals surface area contributed by atoms with Crippen molar-refractivity contribution in [2.45, 2.75) is 6.54 Å². The first-order valence-electron chi connectivity index (χ1n) is 7.16. The Hall–Kier alpha value is -3.33. The fourth-order valence-corrected chi connectivity index (χ4v) is 2.00. The standard InChI is InChI=1S/C15H12ClN7O2/c16-12-7-6-11(8-17-12)15(25)20-18-13(24)9-23-21-14(19-22-23)10-4-2-1-3-5-10/h1-8H,9H2,(H,18,24)(H,20,25). The Balaban J connectivity index is 1.54. The molecule has 0 spiro atoms. The Labute approximate surface area is 147 Å². The first-order valence-corrected chi connectivity index (χ1v) is 7.53. The zero-order valence-electron chi connectivity index (χ0n) is 12.8. The van der Waals surface area contributed by atoms with E-state index in [2.05, 4.69) is 31.2 Å². The van der Waals surface area contributed by atoms with Crippen LogP contribution in [0.15, 0.2) is 48.7 Å². The number of hydrogen-bond donors (Lipinski definition) is 2. The number of aromatic nitrogens is 5. The number of rotatable bonds is 4. The van der Waals surface area contributed by atoms with Crippen molar-refractivity contribution >= 4 is 23.4 Å². The largest absolute Gasteiger partial charge is 0.271 e. The van der Waals surface area contributed by atoms with Gasteiger partial charge < -0.3 is 0 Å². The van der Waals surface area contributed by atoms with Crippen molar-refractivity contribution in [1.82, 2.24) is 36.0 Å². The quantitative estimate of drug-likeness (QED) is 0.528. The molecule has 0 aliphatic rings. The highest BCUT2D eigenvalue weighted by Crippen LogP contribution is 2.11. The molecule has 3 aromatic rings. The monoisotopic (exact) mass is 357 g/mol. The summed E-state index contributed by atoms with van der Waals surface area (Å²) in [4.78, 5) is 28.6. The second kappa shape index (κ2) is 7.49. The molecule has 2 N–H and O–H groups in total. The average Bonchev–Trinajstić information content (AvgIpc) is 3.09. The van der Waals surface area contributed by atoms with Crippen LogP contribution in [0.5, 0.6) is 0 Å². The first-order chi connectivity index (χ1) is 12.1. The highest BCUT2D eigenvalue weighted by atomic mass is 35.5. The van der Waals surface area contributed by atoms with E-state index in [1.165, 1.54) is 18.3 Å². The van der Waals surface area contributed by atoms with E-state index in [9.17, 15) is 9.59 Å². The van der Waals surface area contributed by atoms with Gasteiger partial charge in [0, 0.05) is 11.8 Å². The van der Waals surface area contributed by atoms with Crippen LogP contribution >= 0.6 is 11.6 Å². The Kier molecular flexibility index (Phi) is 4.95. The van der Waals surface area contributed by atoms with Crippen LogP contribution in [0.25, 0.3) is 11.4 Å². The van der Waals surface area contributed by atoms with Gasteiger partial charge in [-0.15, -0.1) is 10.2 Å². The van der Waals surface area contributed by atoms with Gasteiger partial charge in [0.1, 0.15) is 11.7 Å². The van der Waals surface area contributed by atoms with Gasteiger partial charge in [0.15, 0.2) is 0 Å². The molecular weight excluding hydrogens is 346 g/mol. The van der Waals surface area contributed by atoms with E-state index < -0.39 is 11.8 Å². The number of tetrazole rings is 1. The Morgan fingerprint density at radius 3 is 2.60 bits per heavy atom. The first kappa shape index (κ1) is 16.5. The van der Waals surface area contributed by atoms with E-state index in [1.807, 2.05) is 30.3 Å². The molecule has 0 saturated heterocycles. The van der Waals surface area contributed by atoms with Crippen molar-refractivity contribution in [2.24, 2.45) is 0 Å². The second-order valence-electron chi connectivity index (χ2n) is 4.88. The summed E-state index contributed by atoms with van der Waals surface area (Å²) in [5.41, 5.74) is 5.58. The number of nitrogens with one attached hydrogen (secondary N) is 2. The number of hydrogen-bond acceptors (Lipinski definition) is 6. The molecule has 2 amide bonds. The molecule has 0 radical (unpaired) electrons. The van der Waals surface area contributed by atoms with Crippen LogP contribution in [-0.4, -0.2) is 37.0 Å². The van der Waals surface area contributed by atoms with Gasteiger partial charge in [-0.05, 0) is 17.3 Å². The van der Waals surface area contributed by atoms with E-state index in [-0.39, 0.29) is 17.3 Å². The third kappa shape index (κ3) is 4.36. The van der Waals surface area contributed by atoms with Gasteiger partial charge in [-0.3, -0.25) is 20.4 Å². The van der Waals surface area contributed by atoms with Crippen molar-refractivity contribution in [1.29, 1.82) is 0 Å². The minimum atomic E-state index is -0.519. The van der Waals surface area contributed by atoms with Crippen molar-refractivity contribution in [3.8, 4) is 11.4 Å². The molecule has 0 unspecified atom stereocenters. The van der Waals surface area contributed by atoms with Gasteiger partial charge in [0.05, 0.1) is 5.56 Å². The molecule has 3 rings (SSSR count). The number of benzene rings is 1. The molecule has 2 heterocycles. The normalized spacial score (nSPS) is 10.3. The lowest BCUT2D eigenvalue weighted by atomic mass is 10.2. The number of hydrazine groups is 1. The molecule has 2 aromatic heterocycles. The fourth-order valence-electron chi connectivity index (χ4n) is 1.89. The molecule has 0 aliphatic carbocycles. The summed E-state index contributed by atoms with van der Waals surface area (Å²) in [6, 6.07) is 12.2. The van der Waals surface area contributed by atoms with Gasteiger partial charge in [-0.1, -0.05) is 41.9 Å². The van der Waals surface area contributed by atoms with E-state index in [0.29, 0.717) is 5.82 Å². The zero-order valence-corrected chi connectivity index (χ0v) is 13.5. The highest BCUT2D eigenvalue weighted by molar-refractivity contribution is 6.29. The summed E-state index contributed by atoms with van der Waals surface area (Å²) in [6.45, 7) is -0.195. The van der Waals surface area contributed by atoms with Gasteiger partial charge in [-0.2, -0.15) is 4.80 Å². The minimum Gasteiger partial charge on any atom is -0.271 e. The van der Waals surface area contributed by atoms with Crippen LogP contribution < -0.4 is 10.9 Å². The average molecular weight is 358 g/mol. The van der Waals surface area contributed by atoms with Crippen molar-refractivity contribution in [3.63, 3.8) is 0 Å². The van der Waals surface area contributed by atoms with Crippen molar-refractivity contribution in [2.75, 3.05) is 0 Å². The SMILES string of the molecule is O=C(Cn1nnc(-c2ccccc2)n1)NNC(=O)c1ccc(Cl)nc1. The predicted octanol–water partition coefficient (Wildman–Crippen LogP) is 0.850. The molecule has 10 heteroatoms. The van der Waals surface area contributed by atoms with Crippen molar-refractivity contribution in [3.05, 3.63) is 59.4 Å². The molecule has 126 valence electrons. The summed E-state index contributed by atoms with van der Waals surface area (Å²) < 4.78 is 0. The number of halogens is 1. The van der Waals surface area contributed by atoms with E-state index in [0.717, 1.165) is 10.4 Å². The van der Waals surface area contributed by atoms with Gasteiger partial charge in [0.2, 0.25) is 5.82 Å². The molecular formula is C15H12ClN7O2. The molecule has 0 aliphatic heterocycles. The second-order valence-corrected chi connectivity index (χ2v) is 5.27. The lowest BCUT2D eigenvalue weighted by molar-refractivity contribution is -0.122. The molecule has 0 bridgehead atoms. The Morgan fingerprint density at radius 1 is 1.08 bits per heavy atom. The molecule has 0 saturated carbocycles. The maximum atomic E-state index is 11.9. The number of amides is 2. The summed E-state index contributed by atoms with van der Waals surface area (Å²) in [5.74, 6) is -0.619. The highest BCUT2D eigenvalue weighted by Gasteiger charge is 2.11. The third-order valence-corrected chi connectivity index (χ3v) is 3.30. The molecule has 0 atom stereocenters. The van der Waals surface area contributed by atoms with Crippen LogP contribution in [-0.2, 0) is 11.3 Å². The number of carbonyl (C=O) groups excluding carboxylic acids is 2. The van der Waals surface area contributed by atoms with E-state index >= 15 is 0 Å². The lowest BCUT2D eigenvalue weighted by Gasteiger charge is -2.06. The van der Waals surface area contributed by atoms with Crippen LogP contribution in [0.1, 0.15) is 10.4 Å². The summed E-state index contributed by atoms with van der Waals surface area (Å²) in [5, 5.41) is 12.1. The van der Waals surface area contributed by atoms with Crippen molar-refractivity contribution < 1.29 is 9.59 Å². The minimum absolute atomic E-state index is 0.195. The van der Waals surface area contributed by atoms with E-state index in [1.54, 1.807) is 0 Å². The predicted molar refractivity (Wildman–Crippen MR) is 88.1 cm³/mol. The number of carbonyl (C=O) groups is 2. The Morgan fingerprint density at radius 2 is 1.88 bits per heavy atom. The smallest absolute Gasteiger partial charge is 0.271 e. The van der Waals surface area contributed by atoms with Crippen LogP contribution in [0.4, 0.5) is 0 Å². The zero-order chi connectivity index (χ0) is 17.6. The van der Waals surface area contributed by atoms with Crippen LogP contribution in [0.2, 0.25) is 5.15 Å². The van der Waals surface area contributed by atoms with Gasteiger partial charge in [-0.25, -0.2) is 4.98 Å². The van der Waals surface area contributed by atoms with E-state index in [4.69, 9.17) is 11.6 Å². The molecule has 1 aromatic carbocycles. The molecule has 9 nitrogen and oxygen atoms in total. The lowest BCUT2D eigenvalue weighted by Crippen LogP contribution is -2.43. The third-order valence-electron chi connectivity index (χ3n) is 3.07. The Bertz CT molecular complexity index is 880. The maximum Gasteiger partial charge on any atom is 0.271 e. The number of pyridine rings is 1. The number of nitrogens with zero attached hydrogens (tertiary/aromatic N) is 5. The molecule has 0 fully saturated rings. The summed E-state index contributed by atoms with van der Waals surface area (Å²) in [6.07, 6.45) is 1.30. The van der Waals surface area contributed by atoms with Gasteiger partial charge in [0.25, 0.3) is 11.8 Å². The topological polar surface area (TPSA) is 115 Å².